The Kier molecular flexibility index (Phi) is 4.97. The first-order valence-corrected chi connectivity index (χ1v) is 8.72. The number of hydrogen-bond acceptors (Lipinski definition) is 3. The molecule has 25 heavy (non-hydrogen) atoms. The summed E-state index contributed by atoms with van der Waals surface area (Å²) in [7, 11) is 1.65. The molecule has 2 amide bonds. The number of carbonyl (C=O) groups excluding carboxylic acids is 2. The summed E-state index contributed by atoms with van der Waals surface area (Å²) in [6.45, 7) is 5.09. The molecule has 1 aromatic carbocycles. The maximum atomic E-state index is 12.5. The molecule has 134 valence electrons. The van der Waals surface area contributed by atoms with Crippen LogP contribution in [0.15, 0.2) is 18.2 Å². The molecule has 2 heterocycles. The lowest BCUT2D eigenvalue weighted by Gasteiger charge is -2.27. The van der Waals surface area contributed by atoms with Gasteiger partial charge in [-0.3, -0.25) is 9.59 Å². The van der Waals surface area contributed by atoms with Gasteiger partial charge in [-0.2, -0.15) is 0 Å². The average molecular weight is 343 g/mol. The molecule has 1 aliphatic heterocycles. The van der Waals surface area contributed by atoms with Gasteiger partial charge in [-0.05, 0) is 32.0 Å². The van der Waals surface area contributed by atoms with E-state index in [0.29, 0.717) is 13.1 Å². The highest BCUT2D eigenvalue weighted by atomic mass is 16.5. The van der Waals surface area contributed by atoms with Gasteiger partial charge in [-0.1, -0.05) is 0 Å². The molecular formula is C19H25N3O3. The van der Waals surface area contributed by atoms with Gasteiger partial charge in [0.15, 0.2) is 0 Å². The van der Waals surface area contributed by atoms with E-state index in [4.69, 9.17) is 4.74 Å². The molecule has 0 unspecified atom stereocenters. The molecule has 0 aliphatic carbocycles. The van der Waals surface area contributed by atoms with E-state index in [1.165, 1.54) is 5.69 Å². The zero-order chi connectivity index (χ0) is 18.0. The molecule has 2 N–H and O–H groups in total. The van der Waals surface area contributed by atoms with Crippen molar-refractivity contribution in [1.29, 1.82) is 0 Å². The standard InChI is InChI=1S/C19H25N3O3/c1-12(2)20-18(23)6-7-19(24)22-9-8-17-15(11-22)14-10-13(25-3)4-5-16(14)21-17/h4-5,10,12,21H,6-9,11H2,1-3H3,(H,20,23). The molecule has 0 fully saturated rings. The van der Waals surface area contributed by atoms with Crippen molar-refractivity contribution in [3.8, 4) is 5.75 Å². The van der Waals surface area contributed by atoms with E-state index in [-0.39, 0.29) is 30.7 Å². The van der Waals surface area contributed by atoms with Crippen LogP contribution in [0, 0.1) is 0 Å². The van der Waals surface area contributed by atoms with E-state index < -0.39 is 0 Å². The Bertz CT molecular complexity index is 795. The SMILES string of the molecule is COc1ccc2[nH]c3c(c2c1)CN(C(=O)CCC(=O)NC(C)C)CC3. The Labute approximate surface area is 147 Å². The number of fused-ring (bicyclic) bond motifs is 3. The third-order valence-corrected chi connectivity index (χ3v) is 4.55. The second-order valence-corrected chi connectivity index (χ2v) is 6.78. The van der Waals surface area contributed by atoms with Crippen LogP contribution in [0.3, 0.4) is 0 Å². The van der Waals surface area contributed by atoms with Crippen molar-refractivity contribution in [2.24, 2.45) is 0 Å². The predicted molar refractivity (Wildman–Crippen MR) is 96.5 cm³/mol. The summed E-state index contributed by atoms with van der Waals surface area (Å²) >= 11 is 0. The van der Waals surface area contributed by atoms with E-state index in [0.717, 1.165) is 28.6 Å². The number of amides is 2. The van der Waals surface area contributed by atoms with Gasteiger partial charge in [0.25, 0.3) is 0 Å². The Hall–Kier alpha value is -2.50. The zero-order valence-electron chi connectivity index (χ0n) is 15.0. The topological polar surface area (TPSA) is 74.4 Å². The number of aromatic amines is 1. The highest BCUT2D eigenvalue weighted by Crippen LogP contribution is 2.30. The number of rotatable bonds is 5. The van der Waals surface area contributed by atoms with Crippen LogP contribution in [-0.4, -0.2) is 41.4 Å². The average Bonchev–Trinajstić information content (AvgIpc) is 2.95. The fourth-order valence-corrected chi connectivity index (χ4v) is 3.31. The van der Waals surface area contributed by atoms with Crippen molar-refractivity contribution in [3.05, 3.63) is 29.5 Å². The summed E-state index contributed by atoms with van der Waals surface area (Å²) in [5, 5.41) is 3.92. The highest BCUT2D eigenvalue weighted by Gasteiger charge is 2.24. The third-order valence-electron chi connectivity index (χ3n) is 4.55. The van der Waals surface area contributed by atoms with Gasteiger partial charge in [0.1, 0.15) is 5.75 Å². The fourth-order valence-electron chi connectivity index (χ4n) is 3.31. The van der Waals surface area contributed by atoms with Crippen LogP contribution in [0.1, 0.15) is 37.9 Å². The summed E-state index contributed by atoms with van der Waals surface area (Å²) < 4.78 is 5.31. The number of nitrogens with zero attached hydrogens (tertiary/aromatic N) is 1. The van der Waals surface area contributed by atoms with Crippen LogP contribution in [0.5, 0.6) is 5.75 Å². The lowest BCUT2D eigenvalue weighted by atomic mass is 10.0. The van der Waals surface area contributed by atoms with Gasteiger partial charge in [0, 0.05) is 60.6 Å². The zero-order valence-corrected chi connectivity index (χ0v) is 15.0. The smallest absolute Gasteiger partial charge is 0.223 e. The van der Waals surface area contributed by atoms with Crippen molar-refractivity contribution in [2.75, 3.05) is 13.7 Å². The number of methoxy groups -OCH3 is 1. The molecule has 1 aromatic heterocycles. The minimum absolute atomic E-state index is 0.0294. The van der Waals surface area contributed by atoms with Crippen molar-refractivity contribution in [2.45, 2.75) is 45.7 Å². The molecule has 1 aliphatic rings. The number of nitrogens with one attached hydrogen (secondary N) is 2. The van der Waals surface area contributed by atoms with Crippen LogP contribution in [0.2, 0.25) is 0 Å². The van der Waals surface area contributed by atoms with E-state index in [2.05, 4.69) is 10.3 Å². The lowest BCUT2D eigenvalue weighted by Crippen LogP contribution is -2.37. The first-order chi connectivity index (χ1) is 12.0. The predicted octanol–water partition coefficient (Wildman–Crippen LogP) is 2.37. The summed E-state index contributed by atoms with van der Waals surface area (Å²) in [6, 6.07) is 6.05. The molecule has 0 radical (unpaired) electrons. The molecule has 3 rings (SSSR count). The van der Waals surface area contributed by atoms with Crippen molar-refractivity contribution >= 4 is 22.7 Å². The summed E-state index contributed by atoms with van der Waals surface area (Å²) in [4.78, 5) is 29.5. The fraction of sp³-hybridized carbons (Fsp3) is 0.474. The monoisotopic (exact) mass is 343 g/mol. The second kappa shape index (κ2) is 7.17. The molecular weight excluding hydrogens is 318 g/mol. The minimum Gasteiger partial charge on any atom is -0.497 e. The van der Waals surface area contributed by atoms with Gasteiger partial charge in [0.2, 0.25) is 11.8 Å². The Morgan fingerprint density at radius 3 is 2.84 bits per heavy atom. The van der Waals surface area contributed by atoms with E-state index in [9.17, 15) is 9.59 Å². The van der Waals surface area contributed by atoms with Crippen LogP contribution in [0.4, 0.5) is 0 Å². The van der Waals surface area contributed by atoms with E-state index in [1.54, 1.807) is 7.11 Å². The molecule has 0 saturated heterocycles. The first-order valence-electron chi connectivity index (χ1n) is 8.72. The number of carbonyl (C=O) groups is 2. The van der Waals surface area contributed by atoms with Gasteiger partial charge >= 0.3 is 0 Å². The number of ether oxygens (including phenoxy) is 1. The maximum absolute atomic E-state index is 12.5. The van der Waals surface area contributed by atoms with E-state index in [1.807, 2.05) is 36.9 Å². The van der Waals surface area contributed by atoms with Crippen LogP contribution in [-0.2, 0) is 22.6 Å². The summed E-state index contributed by atoms with van der Waals surface area (Å²) in [6.07, 6.45) is 1.29. The molecule has 0 saturated carbocycles. The quantitative estimate of drug-likeness (QED) is 0.875. The van der Waals surface area contributed by atoms with E-state index >= 15 is 0 Å². The number of aromatic nitrogens is 1. The Balaban J connectivity index is 1.69. The molecule has 0 spiro atoms. The molecule has 0 bridgehead atoms. The molecule has 6 heteroatoms. The molecule has 6 nitrogen and oxygen atoms in total. The van der Waals surface area contributed by atoms with Crippen LogP contribution in [0.25, 0.3) is 10.9 Å². The largest absolute Gasteiger partial charge is 0.497 e. The highest BCUT2D eigenvalue weighted by molar-refractivity contribution is 5.88. The molecule has 2 aromatic rings. The Morgan fingerprint density at radius 2 is 2.12 bits per heavy atom. The second-order valence-electron chi connectivity index (χ2n) is 6.78. The van der Waals surface area contributed by atoms with Gasteiger partial charge in [0.05, 0.1) is 7.11 Å². The maximum Gasteiger partial charge on any atom is 0.223 e. The third kappa shape index (κ3) is 3.78. The van der Waals surface area contributed by atoms with Crippen LogP contribution >= 0.6 is 0 Å². The van der Waals surface area contributed by atoms with Gasteiger partial charge in [-0.25, -0.2) is 0 Å². The normalized spacial score (nSPS) is 13.8. The first kappa shape index (κ1) is 17.3. The Morgan fingerprint density at radius 1 is 1.32 bits per heavy atom. The van der Waals surface area contributed by atoms with Crippen molar-refractivity contribution in [3.63, 3.8) is 0 Å². The summed E-state index contributed by atoms with van der Waals surface area (Å²) in [5.74, 6) is 0.766. The molecule has 0 atom stereocenters. The minimum atomic E-state index is -0.0714. The lowest BCUT2D eigenvalue weighted by molar-refractivity contribution is -0.134. The number of H-pyrrole nitrogens is 1. The summed E-state index contributed by atoms with van der Waals surface area (Å²) in [5.41, 5.74) is 3.40. The van der Waals surface area contributed by atoms with Gasteiger partial charge in [-0.15, -0.1) is 0 Å². The number of benzene rings is 1. The number of hydrogen-bond donors (Lipinski definition) is 2. The van der Waals surface area contributed by atoms with Crippen molar-refractivity contribution in [1.82, 2.24) is 15.2 Å². The van der Waals surface area contributed by atoms with Crippen LogP contribution < -0.4 is 10.1 Å². The van der Waals surface area contributed by atoms with Gasteiger partial charge < -0.3 is 19.9 Å². The van der Waals surface area contributed by atoms with Crippen molar-refractivity contribution < 1.29 is 14.3 Å².